The Morgan fingerprint density at radius 2 is 1.93 bits per heavy atom. The van der Waals surface area contributed by atoms with Crippen molar-refractivity contribution in [2.24, 2.45) is 0 Å². The summed E-state index contributed by atoms with van der Waals surface area (Å²) in [4.78, 5) is 0. The van der Waals surface area contributed by atoms with E-state index >= 15 is 0 Å². The second-order valence-electron chi connectivity index (χ2n) is 4.37. The molecule has 15 heavy (non-hydrogen) atoms. The van der Waals surface area contributed by atoms with Gasteiger partial charge in [0.2, 0.25) is 0 Å². The molecular weight excluding hydrogens is 184 g/mol. The molecule has 0 spiro atoms. The van der Waals surface area contributed by atoms with Crippen LogP contribution in [0.25, 0.3) is 0 Å². The van der Waals surface area contributed by atoms with Crippen LogP contribution < -0.4 is 0 Å². The monoisotopic (exact) mass is 204 g/mol. The highest BCUT2D eigenvalue weighted by Gasteiger charge is 2.11. The number of ether oxygens (including phenoxy) is 1. The van der Waals surface area contributed by atoms with Gasteiger partial charge < -0.3 is 4.74 Å². The highest BCUT2D eigenvalue weighted by atomic mass is 16.5. The van der Waals surface area contributed by atoms with Crippen molar-refractivity contribution >= 4 is 0 Å². The van der Waals surface area contributed by atoms with Crippen LogP contribution in [-0.2, 0) is 11.2 Å². The van der Waals surface area contributed by atoms with Gasteiger partial charge in [-0.05, 0) is 31.2 Å². The molecule has 1 unspecified atom stereocenters. The number of benzene rings is 1. The third-order valence-electron chi connectivity index (χ3n) is 3.12. The van der Waals surface area contributed by atoms with E-state index in [1.54, 1.807) is 0 Å². The Morgan fingerprint density at radius 3 is 2.80 bits per heavy atom. The van der Waals surface area contributed by atoms with E-state index in [0.29, 0.717) is 6.10 Å². The molecule has 1 saturated heterocycles. The molecule has 0 saturated carbocycles. The summed E-state index contributed by atoms with van der Waals surface area (Å²) >= 11 is 0. The molecule has 0 N–H and O–H groups in total. The minimum atomic E-state index is 0.507. The van der Waals surface area contributed by atoms with Crippen LogP contribution in [-0.4, -0.2) is 12.7 Å². The van der Waals surface area contributed by atoms with Crippen LogP contribution in [0.4, 0.5) is 0 Å². The lowest BCUT2D eigenvalue weighted by Gasteiger charge is -2.14. The minimum absolute atomic E-state index is 0.507. The molecule has 0 radical (unpaired) electrons. The van der Waals surface area contributed by atoms with Crippen molar-refractivity contribution in [3.8, 4) is 0 Å². The van der Waals surface area contributed by atoms with Gasteiger partial charge in [0, 0.05) is 6.61 Å². The van der Waals surface area contributed by atoms with Crippen molar-refractivity contribution in [3.05, 3.63) is 35.9 Å². The van der Waals surface area contributed by atoms with Crippen LogP contribution in [0.5, 0.6) is 0 Å². The normalized spacial score (nSPS) is 22.3. The zero-order valence-electron chi connectivity index (χ0n) is 9.32. The van der Waals surface area contributed by atoms with Crippen molar-refractivity contribution in [1.82, 2.24) is 0 Å². The summed E-state index contributed by atoms with van der Waals surface area (Å²) in [5.41, 5.74) is 1.44. The standard InChI is InChI=1S/C14H20O/c1-3-7-13(8-4-1)10-11-14-9-5-2-6-12-15-14/h1,3-4,7-8,14H,2,5-6,9-12H2. The predicted octanol–water partition coefficient (Wildman–Crippen LogP) is 3.58. The molecule has 0 bridgehead atoms. The van der Waals surface area contributed by atoms with Crippen molar-refractivity contribution < 1.29 is 4.74 Å². The molecule has 1 aromatic carbocycles. The van der Waals surface area contributed by atoms with Crippen LogP contribution >= 0.6 is 0 Å². The van der Waals surface area contributed by atoms with Crippen LogP contribution in [0, 0.1) is 0 Å². The van der Waals surface area contributed by atoms with Crippen LogP contribution in [0.15, 0.2) is 30.3 Å². The van der Waals surface area contributed by atoms with Crippen molar-refractivity contribution in [2.75, 3.05) is 6.61 Å². The van der Waals surface area contributed by atoms with Gasteiger partial charge in [0.05, 0.1) is 6.10 Å². The lowest BCUT2D eigenvalue weighted by atomic mass is 10.0. The smallest absolute Gasteiger partial charge is 0.0578 e. The first kappa shape index (κ1) is 10.7. The third kappa shape index (κ3) is 3.67. The van der Waals surface area contributed by atoms with Gasteiger partial charge in [-0.2, -0.15) is 0 Å². The van der Waals surface area contributed by atoms with E-state index in [1.165, 1.54) is 37.7 Å². The number of aryl methyl sites for hydroxylation is 1. The van der Waals surface area contributed by atoms with E-state index in [1.807, 2.05) is 0 Å². The average molecular weight is 204 g/mol. The van der Waals surface area contributed by atoms with Gasteiger partial charge in [0.1, 0.15) is 0 Å². The SMILES string of the molecule is c1ccc(CCC2CCCCCO2)cc1. The first-order valence-corrected chi connectivity index (χ1v) is 6.11. The zero-order chi connectivity index (χ0) is 10.3. The first-order chi connectivity index (χ1) is 7.45. The van der Waals surface area contributed by atoms with Crippen molar-refractivity contribution in [2.45, 2.75) is 44.6 Å². The second kappa shape index (κ2) is 5.92. The molecule has 1 fully saturated rings. The first-order valence-electron chi connectivity index (χ1n) is 6.11. The lowest BCUT2D eigenvalue weighted by Crippen LogP contribution is -2.12. The Hall–Kier alpha value is -0.820. The molecule has 1 atom stereocenters. The Balaban J connectivity index is 1.77. The van der Waals surface area contributed by atoms with Gasteiger partial charge in [0.15, 0.2) is 0 Å². The Kier molecular flexibility index (Phi) is 4.22. The van der Waals surface area contributed by atoms with Crippen molar-refractivity contribution in [1.29, 1.82) is 0 Å². The number of rotatable bonds is 3. The lowest BCUT2D eigenvalue weighted by molar-refractivity contribution is 0.0531. The molecule has 82 valence electrons. The van der Waals surface area contributed by atoms with E-state index in [4.69, 9.17) is 4.74 Å². The molecule has 1 aliphatic heterocycles. The predicted molar refractivity (Wildman–Crippen MR) is 63.0 cm³/mol. The largest absolute Gasteiger partial charge is 0.378 e. The average Bonchev–Trinajstić information content (AvgIpc) is 2.56. The van der Waals surface area contributed by atoms with E-state index in [0.717, 1.165) is 13.0 Å². The molecule has 1 nitrogen and oxygen atoms in total. The zero-order valence-corrected chi connectivity index (χ0v) is 9.32. The number of hydrogen-bond acceptors (Lipinski definition) is 1. The van der Waals surface area contributed by atoms with Gasteiger partial charge in [-0.15, -0.1) is 0 Å². The molecule has 1 aliphatic rings. The topological polar surface area (TPSA) is 9.23 Å². The molecule has 1 heteroatoms. The van der Waals surface area contributed by atoms with Crippen LogP contribution in [0.2, 0.25) is 0 Å². The molecular formula is C14H20O. The maximum absolute atomic E-state index is 5.82. The van der Waals surface area contributed by atoms with Gasteiger partial charge in [-0.3, -0.25) is 0 Å². The second-order valence-corrected chi connectivity index (χ2v) is 4.37. The van der Waals surface area contributed by atoms with E-state index < -0.39 is 0 Å². The summed E-state index contributed by atoms with van der Waals surface area (Å²) in [6, 6.07) is 10.7. The molecule has 0 aliphatic carbocycles. The van der Waals surface area contributed by atoms with E-state index in [2.05, 4.69) is 30.3 Å². The minimum Gasteiger partial charge on any atom is -0.378 e. The summed E-state index contributed by atoms with van der Waals surface area (Å²) in [5, 5.41) is 0. The molecule has 1 heterocycles. The Bertz CT molecular complexity index is 260. The van der Waals surface area contributed by atoms with Crippen LogP contribution in [0.3, 0.4) is 0 Å². The quantitative estimate of drug-likeness (QED) is 0.731. The summed E-state index contributed by atoms with van der Waals surface area (Å²) in [6.45, 7) is 0.972. The van der Waals surface area contributed by atoms with Gasteiger partial charge in [-0.1, -0.05) is 43.2 Å². The highest BCUT2D eigenvalue weighted by Crippen LogP contribution is 2.17. The fourth-order valence-electron chi connectivity index (χ4n) is 2.18. The fraction of sp³-hybridized carbons (Fsp3) is 0.571. The third-order valence-corrected chi connectivity index (χ3v) is 3.12. The number of hydrogen-bond donors (Lipinski definition) is 0. The molecule has 0 amide bonds. The summed E-state index contributed by atoms with van der Waals surface area (Å²) in [6.07, 6.45) is 8.05. The van der Waals surface area contributed by atoms with Crippen LogP contribution in [0.1, 0.15) is 37.7 Å². The van der Waals surface area contributed by atoms with E-state index in [-0.39, 0.29) is 0 Å². The Labute approximate surface area is 92.5 Å². The summed E-state index contributed by atoms with van der Waals surface area (Å²) in [5.74, 6) is 0. The fourth-order valence-corrected chi connectivity index (χ4v) is 2.18. The Morgan fingerprint density at radius 1 is 1.07 bits per heavy atom. The van der Waals surface area contributed by atoms with Gasteiger partial charge in [-0.25, -0.2) is 0 Å². The maximum Gasteiger partial charge on any atom is 0.0578 e. The van der Waals surface area contributed by atoms with Gasteiger partial charge in [0.25, 0.3) is 0 Å². The summed E-state index contributed by atoms with van der Waals surface area (Å²) < 4.78 is 5.82. The van der Waals surface area contributed by atoms with E-state index in [9.17, 15) is 0 Å². The van der Waals surface area contributed by atoms with Crippen molar-refractivity contribution in [3.63, 3.8) is 0 Å². The molecule has 0 aromatic heterocycles. The highest BCUT2D eigenvalue weighted by molar-refractivity contribution is 5.14. The summed E-state index contributed by atoms with van der Waals surface area (Å²) in [7, 11) is 0. The van der Waals surface area contributed by atoms with Gasteiger partial charge >= 0.3 is 0 Å². The maximum atomic E-state index is 5.82. The molecule has 2 rings (SSSR count). The molecule has 1 aromatic rings.